The van der Waals surface area contributed by atoms with Crippen LogP contribution in [0.1, 0.15) is 12.8 Å². The van der Waals surface area contributed by atoms with Gasteiger partial charge in [0.25, 0.3) is 0 Å². The molecule has 2 bridgehead atoms. The Bertz CT molecular complexity index is 1100. The molecule has 32 heavy (non-hydrogen) atoms. The van der Waals surface area contributed by atoms with Gasteiger partial charge in [0, 0.05) is 47.4 Å². The van der Waals surface area contributed by atoms with Crippen molar-refractivity contribution in [2.75, 3.05) is 19.6 Å². The van der Waals surface area contributed by atoms with Gasteiger partial charge in [0.1, 0.15) is 6.10 Å². The maximum absolute atomic E-state index is 9.55. The molecule has 5 heterocycles. The van der Waals surface area contributed by atoms with E-state index in [1.54, 1.807) is 0 Å². The number of benzene rings is 1. The maximum Gasteiger partial charge on any atom is 0.328 e. The minimum atomic E-state index is -1.26. The van der Waals surface area contributed by atoms with Crippen molar-refractivity contribution < 1.29 is 24.5 Å². The number of carbonyl (C=O) groups is 2. The number of hydrogen-bond acceptors (Lipinski definition) is 6. The number of carboxylic acid groups (broad SMARTS) is 2. The number of aliphatic carboxylic acids is 2. The Morgan fingerprint density at radius 1 is 1.03 bits per heavy atom. The fourth-order valence-electron chi connectivity index (χ4n) is 4.15. The molecule has 0 amide bonds. The first-order valence-electron chi connectivity index (χ1n) is 10.4. The normalized spacial score (nSPS) is 21.8. The number of aromatic amines is 1. The number of aromatic nitrogens is 3. The summed E-state index contributed by atoms with van der Waals surface area (Å²) >= 11 is 0. The van der Waals surface area contributed by atoms with E-state index in [-0.39, 0.29) is 6.10 Å². The first kappa shape index (κ1) is 21.5. The number of para-hydroxylation sites is 1. The summed E-state index contributed by atoms with van der Waals surface area (Å²) in [7, 11) is 0. The van der Waals surface area contributed by atoms with Gasteiger partial charge < -0.3 is 19.9 Å². The number of nitrogens with zero attached hydrogens (tertiary/aromatic N) is 3. The number of H-pyrrole nitrogens is 1. The van der Waals surface area contributed by atoms with Crippen molar-refractivity contribution >= 4 is 22.8 Å². The lowest BCUT2D eigenvalue weighted by molar-refractivity contribution is -0.134. The number of piperidine rings is 3. The number of nitrogens with one attached hydrogen (secondary N) is 1. The van der Waals surface area contributed by atoms with E-state index in [1.165, 1.54) is 25.9 Å². The predicted molar refractivity (Wildman–Crippen MR) is 117 cm³/mol. The van der Waals surface area contributed by atoms with Crippen LogP contribution in [0.25, 0.3) is 22.2 Å². The molecule has 1 atom stereocenters. The van der Waals surface area contributed by atoms with E-state index in [0.29, 0.717) is 23.9 Å². The van der Waals surface area contributed by atoms with Crippen LogP contribution in [0, 0.1) is 5.92 Å². The Kier molecular flexibility index (Phi) is 6.46. The van der Waals surface area contributed by atoms with Crippen LogP contribution in [0.4, 0.5) is 0 Å². The minimum Gasteiger partial charge on any atom is -0.478 e. The molecule has 0 saturated carbocycles. The van der Waals surface area contributed by atoms with Gasteiger partial charge in [-0.3, -0.25) is 4.90 Å². The number of fused-ring (bicyclic) bond motifs is 4. The van der Waals surface area contributed by atoms with Gasteiger partial charge in [-0.1, -0.05) is 18.2 Å². The third-order valence-electron chi connectivity index (χ3n) is 5.74. The highest BCUT2D eigenvalue weighted by Gasteiger charge is 2.35. The zero-order chi connectivity index (χ0) is 22.5. The Morgan fingerprint density at radius 2 is 1.75 bits per heavy atom. The van der Waals surface area contributed by atoms with Crippen LogP contribution in [0.3, 0.4) is 0 Å². The third kappa shape index (κ3) is 5.12. The van der Waals surface area contributed by atoms with Gasteiger partial charge in [-0.15, -0.1) is 10.2 Å². The first-order valence-corrected chi connectivity index (χ1v) is 10.4. The molecule has 0 spiro atoms. The molecule has 166 valence electrons. The van der Waals surface area contributed by atoms with Gasteiger partial charge in [-0.25, -0.2) is 9.59 Å². The van der Waals surface area contributed by atoms with Crippen molar-refractivity contribution in [3.8, 4) is 17.1 Å². The van der Waals surface area contributed by atoms with Crippen molar-refractivity contribution in [1.82, 2.24) is 20.1 Å². The third-order valence-corrected chi connectivity index (χ3v) is 5.74. The Labute approximate surface area is 184 Å². The van der Waals surface area contributed by atoms with E-state index < -0.39 is 11.9 Å². The second kappa shape index (κ2) is 9.61. The average molecular weight is 436 g/mol. The van der Waals surface area contributed by atoms with Gasteiger partial charge in [0.15, 0.2) is 0 Å². The fourth-order valence-corrected chi connectivity index (χ4v) is 4.15. The van der Waals surface area contributed by atoms with E-state index in [0.717, 1.165) is 28.7 Å². The molecule has 3 aliphatic rings. The molecule has 9 heteroatoms. The highest BCUT2D eigenvalue weighted by Crippen LogP contribution is 2.31. The maximum atomic E-state index is 9.55. The first-order chi connectivity index (χ1) is 15.5. The Hall–Kier alpha value is -3.72. The van der Waals surface area contributed by atoms with Gasteiger partial charge >= 0.3 is 11.9 Å². The summed E-state index contributed by atoms with van der Waals surface area (Å²) in [6.45, 7) is 3.46. The minimum absolute atomic E-state index is 0.265. The molecule has 3 N–H and O–H groups in total. The molecule has 2 aromatic heterocycles. The van der Waals surface area contributed by atoms with Crippen molar-refractivity contribution in [3.63, 3.8) is 0 Å². The average Bonchev–Trinajstić information content (AvgIpc) is 3.24. The van der Waals surface area contributed by atoms with Crippen molar-refractivity contribution in [3.05, 3.63) is 54.7 Å². The molecule has 9 nitrogen and oxygen atoms in total. The smallest absolute Gasteiger partial charge is 0.328 e. The molecule has 3 fully saturated rings. The summed E-state index contributed by atoms with van der Waals surface area (Å²) in [5.41, 5.74) is 3.06. The second-order valence-corrected chi connectivity index (χ2v) is 7.81. The van der Waals surface area contributed by atoms with Crippen LogP contribution in [-0.2, 0) is 9.59 Å². The monoisotopic (exact) mass is 436 g/mol. The number of ether oxygens (including phenoxy) is 1. The molecule has 0 aliphatic carbocycles. The molecular weight excluding hydrogens is 412 g/mol. The molecule has 0 radical (unpaired) electrons. The van der Waals surface area contributed by atoms with Crippen LogP contribution < -0.4 is 4.74 Å². The lowest BCUT2D eigenvalue weighted by atomic mass is 9.86. The highest BCUT2D eigenvalue weighted by molar-refractivity contribution is 5.94. The molecule has 3 saturated heterocycles. The SMILES string of the molecule is O=C(O)/C=C/C(=O)O.c1ccc2c(-c3ccc(O[C@H]4CN5CCC4CC5)nn3)c[nH]c2c1. The van der Waals surface area contributed by atoms with E-state index in [9.17, 15) is 9.59 Å². The van der Waals surface area contributed by atoms with E-state index >= 15 is 0 Å². The largest absolute Gasteiger partial charge is 0.478 e. The zero-order valence-corrected chi connectivity index (χ0v) is 17.3. The van der Waals surface area contributed by atoms with E-state index in [4.69, 9.17) is 14.9 Å². The van der Waals surface area contributed by atoms with Crippen LogP contribution in [0.5, 0.6) is 5.88 Å². The molecule has 6 rings (SSSR count). The number of hydrogen-bond donors (Lipinski definition) is 3. The number of rotatable bonds is 5. The Balaban J connectivity index is 0.000000265. The molecule has 1 aromatic carbocycles. The van der Waals surface area contributed by atoms with Gasteiger partial charge in [0.2, 0.25) is 5.88 Å². The Morgan fingerprint density at radius 3 is 2.34 bits per heavy atom. The highest BCUT2D eigenvalue weighted by atomic mass is 16.5. The fraction of sp³-hybridized carbons (Fsp3) is 0.304. The van der Waals surface area contributed by atoms with Gasteiger partial charge in [0.05, 0.1) is 5.69 Å². The van der Waals surface area contributed by atoms with E-state index in [1.807, 2.05) is 30.5 Å². The second-order valence-electron chi connectivity index (χ2n) is 7.81. The molecule has 3 aliphatic heterocycles. The summed E-state index contributed by atoms with van der Waals surface area (Å²) in [5.74, 6) is -1.21. The van der Waals surface area contributed by atoms with Crippen LogP contribution in [-0.4, -0.2) is 68.0 Å². The van der Waals surface area contributed by atoms with Crippen molar-refractivity contribution in [2.24, 2.45) is 5.92 Å². The topological polar surface area (TPSA) is 129 Å². The van der Waals surface area contributed by atoms with Crippen LogP contribution >= 0.6 is 0 Å². The lowest BCUT2D eigenvalue weighted by Gasteiger charge is -2.44. The van der Waals surface area contributed by atoms with Crippen LogP contribution in [0.15, 0.2) is 54.7 Å². The lowest BCUT2D eigenvalue weighted by Crippen LogP contribution is -2.52. The predicted octanol–water partition coefficient (Wildman–Crippen LogP) is 2.81. The standard InChI is InChI=1S/C19H20N4O.C4H4O4/c1-2-4-16-14(3-1)15(11-20-16)17-5-6-19(22-21-17)24-18-12-23-9-7-13(18)8-10-23;5-3(6)1-2-4(7)8/h1-6,11,13,18,20H,7-10,12H2;1-2H,(H,5,6)(H,7,8)/b;2-1+/t18-;/m0./s1. The summed E-state index contributed by atoms with van der Waals surface area (Å²) in [6, 6.07) is 12.2. The number of carboxylic acids is 2. The zero-order valence-electron chi connectivity index (χ0n) is 17.3. The molecule has 3 aromatic rings. The van der Waals surface area contributed by atoms with Crippen LogP contribution in [0.2, 0.25) is 0 Å². The van der Waals surface area contributed by atoms with Crippen molar-refractivity contribution in [1.29, 1.82) is 0 Å². The van der Waals surface area contributed by atoms with E-state index in [2.05, 4.69) is 32.2 Å². The molecule has 0 unspecified atom stereocenters. The van der Waals surface area contributed by atoms with Gasteiger partial charge in [-0.05, 0) is 44.0 Å². The molecular formula is C23H24N4O5. The summed E-state index contributed by atoms with van der Waals surface area (Å²) in [4.78, 5) is 24.9. The quantitative estimate of drug-likeness (QED) is 0.521. The summed E-state index contributed by atoms with van der Waals surface area (Å²) in [6.07, 6.45) is 5.85. The summed E-state index contributed by atoms with van der Waals surface area (Å²) < 4.78 is 6.13. The van der Waals surface area contributed by atoms with Crippen molar-refractivity contribution in [2.45, 2.75) is 18.9 Å². The summed E-state index contributed by atoms with van der Waals surface area (Å²) in [5, 5.41) is 25.5. The van der Waals surface area contributed by atoms with Gasteiger partial charge in [-0.2, -0.15) is 0 Å².